The van der Waals surface area contributed by atoms with Gasteiger partial charge < -0.3 is 20.7 Å². The van der Waals surface area contributed by atoms with E-state index in [1.54, 1.807) is 22.7 Å². The number of pyridine rings is 2. The van der Waals surface area contributed by atoms with E-state index in [0.717, 1.165) is 31.9 Å². The maximum Gasteiger partial charge on any atom is 0.252 e. The number of anilines is 1. The lowest BCUT2D eigenvalue weighted by atomic mass is 9.93. The van der Waals surface area contributed by atoms with Crippen LogP contribution in [0.5, 0.6) is 0 Å². The molecule has 0 aliphatic carbocycles. The van der Waals surface area contributed by atoms with Gasteiger partial charge in [-0.3, -0.25) is 9.20 Å². The number of amides is 1. The fourth-order valence-electron chi connectivity index (χ4n) is 4.24. The van der Waals surface area contributed by atoms with Gasteiger partial charge in [0.05, 0.1) is 30.6 Å². The van der Waals surface area contributed by atoms with Crippen LogP contribution in [-0.2, 0) is 4.74 Å². The number of nitrogens with one attached hydrogen (secondary N) is 3. The number of nitrogens with zero attached hydrogens (tertiary/aromatic N) is 3. The van der Waals surface area contributed by atoms with E-state index in [1.165, 1.54) is 6.20 Å². The molecule has 8 nitrogen and oxygen atoms in total. The number of rotatable bonds is 6. The van der Waals surface area contributed by atoms with Crippen molar-refractivity contribution in [2.75, 3.05) is 31.6 Å². The van der Waals surface area contributed by atoms with Gasteiger partial charge >= 0.3 is 0 Å². The maximum absolute atomic E-state index is 14.7. The molecule has 3 N–H and O–H groups in total. The number of aromatic nitrogens is 3. The summed E-state index contributed by atoms with van der Waals surface area (Å²) in [5.74, 6) is -1.72. The number of piperidine rings is 1. The van der Waals surface area contributed by atoms with Crippen molar-refractivity contribution < 1.29 is 18.3 Å². The number of halogens is 2. The standard InChI is InChI=1S/C23H26F2N6O2/c1-2-23(12-33-13-23)30-22(32)14-5-7-31-18(11-27-19(31)8-14)20-16(24)9-17(25)21(29-20)28-15-4-3-6-26-10-15/h5,7-9,11,15,26H,2-4,6,10,12-13H2,1H3,(H,28,29)(H,30,32). The normalized spacial score (nSPS) is 19.8. The largest absolute Gasteiger partial charge is 0.376 e. The Morgan fingerprint density at radius 1 is 1.33 bits per heavy atom. The molecule has 10 heteroatoms. The summed E-state index contributed by atoms with van der Waals surface area (Å²) in [6.45, 7) is 4.62. The van der Waals surface area contributed by atoms with Gasteiger partial charge in [-0.25, -0.2) is 18.7 Å². The van der Waals surface area contributed by atoms with Crippen LogP contribution < -0.4 is 16.0 Å². The van der Waals surface area contributed by atoms with Gasteiger partial charge in [-0.2, -0.15) is 0 Å². The van der Waals surface area contributed by atoms with E-state index in [0.29, 0.717) is 36.7 Å². The summed E-state index contributed by atoms with van der Waals surface area (Å²) < 4.78 is 36.0. The van der Waals surface area contributed by atoms with E-state index >= 15 is 0 Å². The molecule has 174 valence electrons. The van der Waals surface area contributed by atoms with Gasteiger partial charge in [0.1, 0.15) is 11.3 Å². The molecule has 2 saturated heterocycles. The van der Waals surface area contributed by atoms with Crippen molar-refractivity contribution in [3.8, 4) is 11.4 Å². The SMILES string of the molecule is CCC1(NC(=O)c2ccn3c(-c4nc(NC5CCCNC5)c(F)cc4F)cnc3c2)COC1. The molecule has 0 saturated carbocycles. The number of carbonyl (C=O) groups excluding carboxylic acids is 1. The molecule has 0 spiro atoms. The number of imidazole rings is 1. The predicted octanol–water partition coefficient (Wildman–Crippen LogP) is 2.75. The van der Waals surface area contributed by atoms with Crippen molar-refractivity contribution in [2.24, 2.45) is 0 Å². The Labute approximate surface area is 189 Å². The number of ether oxygens (including phenoxy) is 1. The van der Waals surface area contributed by atoms with Crippen molar-refractivity contribution in [1.29, 1.82) is 0 Å². The van der Waals surface area contributed by atoms with E-state index in [-0.39, 0.29) is 29.0 Å². The Morgan fingerprint density at radius 2 is 2.18 bits per heavy atom. The number of carbonyl (C=O) groups is 1. The van der Waals surface area contributed by atoms with Gasteiger partial charge in [0.2, 0.25) is 0 Å². The Hall–Kier alpha value is -3.11. The van der Waals surface area contributed by atoms with Crippen LogP contribution in [-0.4, -0.2) is 58.2 Å². The molecule has 0 bridgehead atoms. The van der Waals surface area contributed by atoms with Crippen LogP contribution in [0.4, 0.5) is 14.6 Å². The maximum atomic E-state index is 14.7. The molecule has 2 aliphatic rings. The van der Waals surface area contributed by atoms with Crippen LogP contribution >= 0.6 is 0 Å². The summed E-state index contributed by atoms with van der Waals surface area (Å²) in [6.07, 6.45) is 5.75. The number of fused-ring (bicyclic) bond motifs is 1. The van der Waals surface area contributed by atoms with E-state index < -0.39 is 11.6 Å². The molecule has 1 unspecified atom stereocenters. The zero-order chi connectivity index (χ0) is 23.0. The monoisotopic (exact) mass is 456 g/mol. The van der Waals surface area contributed by atoms with E-state index in [4.69, 9.17) is 4.74 Å². The fourth-order valence-corrected chi connectivity index (χ4v) is 4.24. The average Bonchev–Trinajstić information content (AvgIpc) is 3.21. The average molecular weight is 456 g/mol. The molecule has 1 atom stereocenters. The van der Waals surface area contributed by atoms with Crippen molar-refractivity contribution >= 4 is 17.4 Å². The first-order valence-electron chi connectivity index (χ1n) is 11.2. The molecule has 1 amide bonds. The third-order valence-corrected chi connectivity index (χ3v) is 6.40. The zero-order valence-electron chi connectivity index (χ0n) is 18.3. The lowest BCUT2D eigenvalue weighted by Gasteiger charge is -2.41. The van der Waals surface area contributed by atoms with Crippen LogP contribution in [0, 0.1) is 11.6 Å². The van der Waals surface area contributed by atoms with Gasteiger partial charge in [0, 0.05) is 30.4 Å². The highest BCUT2D eigenvalue weighted by Gasteiger charge is 2.38. The molecule has 0 radical (unpaired) electrons. The van der Waals surface area contributed by atoms with Gasteiger partial charge in [-0.1, -0.05) is 6.92 Å². The molecule has 0 aromatic carbocycles. The molecule has 5 rings (SSSR count). The van der Waals surface area contributed by atoms with Gasteiger partial charge in [-0.05, 0) is 37.9 Å². The van der Waals surface area contributed by atoms with Crippen LogP contribution in [0.15, 0.2) is 30.6 Å². The van der Waals surface area contributed by atoms with Crippen molar-refractivity contribution in [3.05, 3.63) is 47.8 Å². The van der Waals surface area contributed by atoms with Crippen molar-refractivity contribution in [1.82, 2.24) is 25.0 Å². The van der Waals surface area contributed by atoms with Crippen LogP contribution in [0.1, 0.15) is 36.5 Å². The highest BCUT2D eigenvalue weighted by atomic mass is 19.1. The van der Waals surface area contributed by atoms with Gasteiger partial charge in [0.15, 0.2) is 17.5 Å². The quantitative estimate of drug-likeness (QED) is 0.528. The molecule has 33 heavy (non-hydrogen) atoms. The summed E-state index contributed by atoms with van der Waals surface area (Å²) in [5, 5.41) is 9.36. The molecular formula is C23H26F2N6O2. The molecule has 3 aromatic heterocycles. The highest BCUT2D eigenvalue weighted by Crippen LogP contribution is 2.27. The molecule has 2 aliphatic heterocycles. The summed E-state index contributed by atoms with van der Waals surface area (Å²) in [5.41, 5.74) is 0.937. The second-order valence-corrected chi connectivity index (χ2v) is 8.70. The lowest BCUT2D eigenvalue weighted by Crippen LogP contribution is -2.61. The lowest BCUT2D eigenvalue weighted by molar-refractivity contribution is -0.0709. The van der Waals surface area contributed by atoms with Crippen LogP contribution in [0.3, 0.4) is 0 Å². The summed E-state index contributed by atoms with van der Waals surface area (Å²) >= 11 is 0. The molecule has 2 fully saturated rings. The van der Waals surface area contributed by atoms with Crippen LogP contribution in [0.2, 0.25) is 0 Å². The number of hydrogen-bond acceptors (Lipinski definition) is 6. The topological polar surface area (TPSA) is 92.6 Å². The summed E-state index contributed by atoms with van der Waals surface area (Å²) in [4.78, 5) is 21.3. The van der Waals surface area contributed by atoms with Gasteiger partial charge in [0.25, 0.3) is 5.91 Å². The Kier molecular flexibility index (Phi) is 5.71. The first-order valence-corrected chi connectivity index (χ1v) is 11.2. The predicted molar refractivity (Wildman–Crippen MR) is 119 cm³/mol. The smallest absolute Gasteiger partial charge is 0.252 e. The van der Waals surface area contributed by atoms with Crippen LogP contribution in [0.25, 0.3) is 17.0 Å². The second-order valence-electron chi connectivity index (χ2n) is 8.70. The second kappa shape index (κ2) is 8.68. The number of hydrogen-bond donors (Lipinski definition) is 3. The summed E-state index contributed by atoms with van der Waals surface area (Å²) in [6, 6.07) is 4.14. The third kappa shape index (κ3) is 4.16. The Bertz CT molecular complexity index is 1180. The molecule has 5 heterocycles. The Balaban J connectivity index is 1.43. The minimum Gasteiger partial charge on any atom is -0.376 e. The van der Waals surface area contributed by atoms with Gasteiger partial charge in [-0.15, -0.1) is 0 Å². The fraction of sp³-hybridized carbons (Fsp3) is 0.435. The molecule has 3 aromatic rings. The summed E-state index contributed by atoms with van der Waals surface area (Å²) in [7, 11) is 0. The minimum absolute atomic E-state index is 0.0103. The first kappa shape index (κ1) is 21.7. The van der Waals surface area contributed by atoms with E-state index in [1.807, 2.05) is 6.92 Å². The van der Waals surface area contributed by atoms with E-state index in [2.05, 4.69) is 25.9 Å². The van der Waals surface area contributed by atoms with E-state index in [9.17, 15) is 13.6 Å². The van der Waals surface area contributed by atoms with Crippen molar-refractivity contribution in [2.45, 2.75) is 37.8 Å². The zero-order valence-corrected chi connectivity index (χ0v) is 18.3. The first-order chi connectivity index (χ1) is 16.0. The molecular weight excluding hydrogens is 430 g/mol. The minimum atomic E-state index is -0.779. The van der Waals surface area contributed by atoms with Crippen molar-refractivity contribution in [3.63, 3.8) is 0 Å². The third-order valence-electron chi connectivity index (χ3n) is 6.40. The Morgan fingerprint density at radius 3 is 2.88 bits per heavy atom. The highest BCUT2D eigenvalue weighted by molar-refractivity contribution is 5.95.